The molecule has 2 heterocycles. The molecule has 1 aromatic rings. The van der Waals surface area contributed by atoms with Crippen LogP contribution in [-0.2, 0) is 11.2 Å². The molecule has 3 nitrogen and oxygen atoms in total. The Kier molecular flexibility index (Phi) is 6.64. The normalized spacial score (nSPS) is 23.7. The molecule has 0 radical (unpaired) electrons. The molecule has 134 valence electrons. The first kappa shape index (κ1) is 17.8. The molecule has 1 unspecified atom stereocenters. The number of hydrogen-bond acceptors (Lipinski definition) is 3. The van der Waals surface area contributed by atoms with Gasteiger partial charge in [-0.15, -0.1) is 0 Å². The van der Waals surface area contributed by atoms with Crippen LogP contribution in [0.1, 0.15) is 31.2 Å². The summed E-state index contributed by atoms with van der Waals surface area (Å²) < 4.78 is 19.2. The molecule has 0 saturated carbocycles. The number of benzene rings is 1. The summed E-state index contributed by atoms with van der Waals surface area (Å²) in [5.41, 5.74) is 0.846. The van der Waals surface area contributed by atoms with Crippen molar-refractivity contribution in [2.24, 2.45) is 5.92 Å². The Morgan fingerprint density at radius 1 is 1.21 bits per heavy atom. The van der Waals surface area contributed by atoms with E-state index >= 15 is 0 Å². The van der Waals surface area contributed by atoms with Crippen LogP contribution in [0.25, 0.3) is 0 Å². The van der Waals surface area contributed by atoms with E-state index in [0.29, 0.717) is 6.04 Å². The summed E-state index contributed by atoms with van der Waals surface area (Å²) in [6, 6.07) is 7.86. The maximum Gasteiger partial charge on any atom is 0.126 e. The fourth-order valence-corrected chi connectivity index (χ4v) is 4.17. The number of likely N-dealkylation sites (tertiary alicyclic amines) is 1. The number of hydrogen-bond donors (Lipinski definition) is 0. The van der Waals surface area contributed by atoms with E-state index in [0.717, 1.165) is 50.8 Å². The standard InChI is InChI=1S/C20H31FN2O/c1-22(19-9-13-24-14-10-19)15-17-5-4-11-23(16-17)12-8-18-6-2-3-7-20(18)21/h2-3,6-7,17,19H,4-5,8-16H2,1H3. The molecule has 1 atom stereocenters. The Morgan fingerprint density at radius 2 is 2.00 bits per heavy atom. The van der Waals surface area contributed by atoms with Crippen LogP contribution in [0.5, 0.6) is 0 Å². The topological polar surface area (TPSA) is 15.7 Å². The molecule has 24 heavy (non-hydrogen) atoms. The van der Waals surface area contributed by atoms with Crippen LogP contribution in [0.4, 0.5) is 4.39 Å². The number of rotatable bonds is 6. The van der Waals surface area contributed by atoms with Gasteiger partial charge in [-0.2, -0.15) is 0 Å². The molecule has 0 N–H and O–H groups in total. The lowest BCUT2D eigenvalue weighted by Gasteiger charge is -2.38. The second-order valence-corrected chi connectivity index (χ2v) is 7.43. The Morgan fingerprint density at radius 3 is 2.79 bits per heavy atom. The molecule has 2 aliphatic heterocycles. The summed E-state index contributed by atoms with van der Waals surface area (Å²) in [6.07, 6.45) is 5.74. The van der Waals surface area contributed by atoms with Gasteiger partial charge < -0.3 is 14.5 Å². The first-order chi connectivity index (χ1) is 11.7. The van der Waals surface area contributed by atoms with Crippen molar-refractivity contribution in [1.82, 2.24) is 9.80 Å². The van der Waals surface area contributed by atoms with Crippen molar-refractivity contribution in [3.8, 4) is 0 Å². The second-order valence-electron chi connectivity index (χ2n) is 7.43. The fraction of sp³-hybridized carbons (Fsp3) is 0.700. The maximum atomic E-state index is 13.8. The van der Waals surface area contributed by atoms with Gasteiger partial charge in [-0.25, -0.2) is 4.39 Å². The number of ether oxygens (including phenoxy) is 1. The molecule has 2 aliphatic rings. The summed E-state index contributed by atoms with van der Waals surface area (Å²) in [5, 5.41) is 0. The summed E-state index contributed by atoms with van der Waals surface area (Å²) in [5.74, 6) is 0.678. The zero-order valence-electron chi connectivity index (χ0n) is 14.9. The van der Waals surface area contributed by atoms with Crippen molar-refractivity contribution in [3.05, 3.63) is 35.6 Å². The Bertz CT molecular complexity index is 504. The first-order valence-corrected chi connectivity index (χ1v) is 9.46. The lowest BCUT2D eigenvalue weighted by atomic mass is 9.95. The second kappa shape index (κ2) is 8.93. The van der Waals surface area contributed by atoms with Crippen LogP contribution in [0.3, 0.4) is 0 Å². The van der Waals surface area contributed by atoms with Gasteiger partial charge in [-0.1, -0.05) is 18.2 Å². The van der Waals surface area contributed by atoms with Crippen molar-refractivity contribution in [2.45, 2.75) is 38.1 Å². The quantitative estimate of drug-likeness (QED) is 0.795. The molecule has 3 rings (SSSR count). The summed E-state index contributed by atoms with van der Waals surface area (Å²) >= 11 is 0. The minimum Gasteiger partial charge on any atom is -0.381 e. The molecule has 0 aliphatic carbocycles. The average Bonchev–Trinajstić information content (AvgIpc) is 2.62. The highest BCUT2D eigenvalue weighted by atomic mass is 19.1. The maximum absolute atomic E-state index is 13.8. The predicted octanol–water partition coefficient (Wildman–Crippen LogP) is 3.19. The number of piperidine rings is 1. The molecular formula is C20H31FN2O. The summed E-state index contributed by atoms with van der Waals surface area (Å²) in [4.78, 5) is 5.08. The summed E-state index contributed by atoms with van der Waals surface area (Å²) in [6.45, 7) is 6.29. The molecule has 1 aromatic carbocycles. The largest absolute Gasteiger partial charge is 0.381 e. The van der Waals surface area contributed by atoms with Crippen LogP contribution in [0.15, 0.2) is 24.3 Å². The molecule has 4 heteroatoms. The minimum atomic E-state index is -0.0645. The lowest BCUT2D eigenvalue weighted by molar-refractivity contribution is 0.0324. The van der Waals surface area contributed by atoms with E-state index in [1.54, 1.807) is 12.1 Å². The van der Waals surface area contributed by atoms with E-state index in [4.69, 9.17) is 4.74 Å². The first-order valence-electron chi connectivity index (χ1n) is 9.46. The monoisotopic (exact) mass is 334 g/mol. The molecule has 2 fully saturated rings. The van der Waals surface area contributed by atoms with E-state index in [9.17, 15) is 4.39 Å². The third kappa shape index (κ3) is 5.01. The third-order valence-electron chi connectivity index (χ3n) is 5.62. The minimum absolute atomic E-state index is 0.0645. The van der Waals surface area contributed by atoms with E-state index in [-0.39, 0.29) is 5.82 Å². The van der Waals surface area contributed by atoms with Gasteiger partial charge in [-0.3, -0.25) is 0 Å². The van der Waals surface area contributed by atoms with Crippen LogP contribution in [-0.4, -0.2) is 62.3 Å². The van der Waals surface area contributed by atoms with E-state index in [2.05, 4.69) is 16.8 Å². The van der Waals surface area contributed by atoms with Crippen LogP contribution >= 0.6 is 0 Å². The Hall–Kier alpha value is -0.970. The van der Waals surface area contributed by atoms with E-state index in [1.165, 1.54) is 32.2 Å². The molecular weight excluding hydrogens is 303 g/mol. The fourth-order valence-electron chi connectivity index (χ4n) is 4.17. The van der Waals surface area contributed by atoms with Gasteiger partial charge in [0.05, 0.1) is 0 Å². The number of nitrogens with zero attached hydrogens (tertiary/aromatic N) is 2. The van der Waals surface area contributed by atoms with Crippen molar-refractivity contribution in [2.75, 3.05) is 46.4 Å². The van der Waals surface area contributed by atoms with Gasteiger partial charge in [0.15, 0.2) is 0 Å². The van der Waals surface area contributed by atoms with Crippen molar-refractivity contribution < 1.29 is 9.13 Å². The van der Waals surface area contributed by atoms with Crippen LogP contribution < -0.4 is 0 Å². The number of halogens is 1. The molecule has 2 saturated heterocycles. The zero-order chi connectivity index (χ0) is 16.8. The highest BCUT2D eigenvalue weighted by Gasteiger charge is 2.25. The van der Waals surface area contributed by atoms with Gasteiger partial charge in [0.1, 0.15) is 5.82 Å². The van der Waals surface area contributed by atoms with Crippen molar-refractivity contribution >= 4 is 0 Å². The Labute approximate surface area is 145 Å². The van der Waals surface area contributed by atoms with Crippen LogP contribution in [0, 0.1) is 11.7 Å². The van der Waals surface area contributed by atoms with Gasteiger partial charge in [0, 0.05) is 38.9 Å². The zero-order valence-corrected chi connectivity index (χ0v) is 14.9. The average molecular weight is 334 g/mol. The van der Waals surface area contributed by atoms with Gasteiger partial charge in [0.2, 0.25) is 0 Å². The molecule has 0 bridgehead atoms. The van der Waals surface area contributed by atoms with Crippen molar-refractivity contribution in [3.63, 3.8) is 0 Å². The highest BCUT2D eigenvalue weighted by molar-refractivity contribution is 5.17. The lowest BCUT2D eigenvalue weighted by Crippen LogP contribution is -2.44. The Balaban J connectivity index is 1.44. The molecule has 0 amide bonds. The molecule has 0 spiro atoms. The predicted molar refractivity (Wildman–Crippen MR) is 95.7 cm³/mol. The van der Waals surface area contributed by atoms with Gasteiger partial charge in [0.25, 0.3) is 0 Å². The molecule has 0 aromatic heterocycles. The van der Waals surface area contributed by atoms with Crippen molar-refractivity contribution in [1.29, 1.82) is 0 Å². The SMILES string of the molecule is CN(CC1CCCN(CCc2ccccc2F)C1)C1CCOCC1. The van der Waals surface area contributed by atoms with Gasteiger partial charge >= 0.3 is 0 Å². The van der Waals surface area contributed by atoms with Gasteiger partial charge in [-0.05, 0) is 63.2 Å². The highest BCUT2D eigenvalue weighted by Crippen LogP contribution is 2.21. The third-order valence-corrected chi connectivity index (χ3v) is 5.62. The smallest absolute Gasteiger partial charge is 0.126 e. The van der Waals surface area contributed by atoms with E-state index in [1.807, 2.05) is 12.1 Å². The van der Waals surface area contributed by atoms with Crippen LogP contribution in [0.2, 0.25) is 0 Å². The summed E-state index contributed by atoms with van der Waals surface area (Å²) in [7, 11) is 2.27. The van der Waals surface area contributed by atoms with E-state index < -0.39 is 0 Å².